The van der Waals surface area contributed by atoms with Crippen molar-refractivity contribution in [3.63, 3.8) is 0 Å². The third kappa shape index (κ3) is 3.90. The molecule has 17 heavy (non-hydrogen) atoms. The molecule has 3 nitrogen and oxygen atoms in total. The quantitative estimate of drug-likeness (QED) is 0.736. The highest BCUT2D eigenvalue weighted by Gasteiger charge is 2.26. The highest BCUT2D eigenvalue weighted by molar-refractivity contribution is 7.80. The molecule has 0 radical (unpaired) electrons. The molecule has 100 valence electrons. The molecule has 1 aliphatic rings. The Morgan fingerprint density at radius 3 is 1.82 bits per heavy atom. The van der Waals surface area contributed by atoms with Gasteiger partial charge in [0.1, 0.15) is 0 Å². The molecule has 0 bridgehead atoms. The number of nitrogens with two attached hydrogens (primary N) is 1. The van der Waals surface area contributed by atoms with Gasteiger partial charge in [0.2, 0.25) is 0 Å². The average Bonchev–Trinajstić information content (AvgIpc) is 2.33. The lowest BCUT2D eigenvalue weighted by molar-refractivity contribution is 0.0809. The van der Waals surface area contributed by atoms with Crippen LogP contribution in [-0.4, -0.2) is 53.1 Å². The molecule has 1 saturated heterocycles. The summed E-state index contributed by atoms with van der Waals surface area (Å²) in [5.74, 6) is 0. The van der Waals surface area contributed by atoms with Gasteiger partial charge in [0, 0.05) is 32.2 Å². The van der Waals surface area contributed by atoms with Gasteiger partial charge in [-0.15, -0.1) is 0 Å². The van der Waals surface area contributed by atoms with Crippen LogP contribution in [0.25, 0.3) is 0 Å². The fraction of sp³-hybridized carbons (Fsp3) is 0.923. The Morgan fingerprint density at radius 1 is 1.00 bits per heavy atom. The highest BCUT2D eigenvalue weighted by atomic mass is 32.1. The van der Waals surface area contributed by atoms with Gasteiger partial charge in [-0.2, -0.15) is 0 Å². The Kier molecular flexibility index (Phi) is 6.38. The molecule has 0 amide bonds. The van der Waals surface area contributed by atoms with E-state index in [9.17, 15) is 0 Å². The predicted molar refractivity (Wildman–Crippen MR) is 78.4 cm³/mol. The van der Waals surface area contributed by atoms with Crippen LogP contribution in [0.15, 0.2) is 0 Å². The first-order valence-electron chi connectivity index (χ1n) is 6.91. The third-order valence-corrected chi connectivity index (χ3v) is 4.24. The van der Waals surface area contributed by atoms with Crippen molar-refractivity contribution >= 4 is 17.2 Å². The lowest BCUT2D eigenvalue weighted by Crippen LogP contribution is -2.55. The van der Waals surface area contributed by atoms with E-state index in [1.165, 1.54) is 12.8 Å². The van der Waals surface area contributed by atoms with Gasteiger partial charge in [0.25, 0.3) is 0 Å². The lowest BCUT2D eigenvalue weighted by atomic mass is 10.1. The van der Waals surface area contributed by atoms with Crippen LogP contribution in [0.4, 0.5) is 0 Å². The molecule has 1 aliphatic heterocycles. The van der Waals surface area contributed by atoms with E-state index in [1.54, 1.807) is 0 Å². The van der Waals surface area contributed by atoms with Crippen molar-refractivity contribution in [2.75, 3.05) is 26.2 Å². The molecule has 0 aromatic heterocycles. The normalized spacial score (nSPS) is 20.7. The second-order valence-corrected chi connectivity index (χ2v) is 5.34. The van der Waals surface area contributed by atoms with E-state index < -0.39 is 0 Å². The number of thiocarbonyl (C=S) groups is 1. The Balaban J connectivity index is 2.47. The monoisotopic (exact) mass is 257 g/mol. The zero-order chi connectivity index (χ0) is 12.8. The minimum Gasteiger partial charge on any atom is -0.392 e. The summed E-state index contributed by atoms with van der Waals surface area (Å²) in [6.45, 7) is 11.3. The first-order chi connectivity index (χ1) is 8.13. The smallest absolute Gasteiger partial charge is 0.0901 e. The molecular weight excluding hydrogens is 230 g/mol. The first-order valence-corrected chi connectivity index (χ1v) is 7.32. The van der Waals surface area contributed by atoms with Crippen molar-refractivity contribution in [1.82, 2.24) is 9.80 Å². The first kappa shape index (κ1) is 14.9. The van der Waals surface area contributed by atoms with Gasteiger partial charge < -0.3 is 5.73 Å². The Morgan fingerprint density at radius 2 is 1.47 bits per heavy atom. The molecule has 0 spiro atoms. The molecule has 0 saturated carbocycles. The van der Waals surface area contributed by atoms with Gasteiger partial charge in [0.05, 0.1) is 11.0 Å². The maximum Gasteiger partial charge on any atom is 0.0901 e. The van der Waals surface area contributed by atoms with Crippen LogP contribution in [0.1, 0.15) is 40.0 Å². The van der Waals surface area contributed by atoms with Gasteiger partial charge in [-0.1, -0.05) is 33.0 Å². The zero-order valence-corrected chi connectivity index (χ0v) is 12.3. The van der Waals surface area contributed by atoms with Crippen molar-refractivity contribution < 1.29 is 0 Å². The summed E-state index contributed by atoms with van der Waals surface area (Å²) in [6.07, 6.45) is 3.53. The van der Waals surface area contributed by atoms with Crippen molar-refractivity contribution in [3.8, 4) is 0 Å². The second kappa shape index (κ2) is 7.29. The summed E-state index contributed by atoms with van der Waals surface area (Å²) in [6, 6.07) is 1.05. The maximum atomic E-state index is 5.80. The van der Waals surface area contributed by atoms with E-state index >= 15 is 0 Å². The summed E-state index contributed by atoms with van der Waals surface area (Å²) in [7, 11) is 0. The molecule has 0 aliphatic carbocycles. The number of rotatable bonds is 6. The van der Waals surface area contributed by atoms with Crippen LogP contribution in [0.2, 0.25) is 0 Å². The van der Waals surface area contributed by atoms with E-state index in [0.717, 1.165) is 38.6 Å². The number of nitrogens with zero attached hydrogens (tertiary/aromatic N) is 2. The minimum atomic E-state index is 0.300. The van der Waals surface area contributed by atoms with Crippen LogP contribution in [0.3, 0.4) is 0 Å². The molecule has 1 unspecified atom stereocenters. The molecule has 1 heterocycles. The van der Waals surface area contributed by atoms with Crippen LogP contribution in [-0.2, 0) is 0 Å². The molecule has 1 rings (SSSR count). The average molecular weight is 257 g/mol. The summed E-state index contributed by atoms with van der Waals surface area (Å²) in [5.41, 5.74) is 5.80. The van der Waals surface area contributed by atoms with E-state index in [0.29, 0.717) is 11.0 Å². The molecule has 1 atom stereocenters. The summed E-state index contributed by atoms with van der Waals surface area (Å²) in [4.78, 5) is 5.72. The van der Waals surface area contributed by atoms with Gasteiger partial charge in [-0.3, -0.25) is 9.80 Å². The molecule has 1 fully saturated rings. The number of hydrogen-bond acceptors (Lipinski definition) is 3. The summed E-state index contributed by atoms with van der Waals surface area (Å²) < 4.78 is 0. The van der Waals surface area contributed by atoms with Crippen LogP contribution in [0.5, 0.6) is 0 Å². The fourth-order valence-corrected chi connectivity index (χ4v) is 3.17. The van der Waals surface area contributed by atoms with Gasteiger partial charge >= 0.3 is 0 Å². The molecule has 0 aromatic rings. The molecule has 0 aromatic carbocycles. The largest absolute Gasteiger partial charge is 0.392 e. The third-order valence-electron chi connectivity index (χ3n) is 3.96. The SMILES string of the molecule is CCC(CC)N1CCN(C(CC)C(N)=S)CC1. The Hall–Kier alpha value is -0.190. The van der Waals surface area contributed by atoms with E-state index in [4.69, 9.17) is 18.0 Å². The van der Waals surface area contributed by atoms with Gasteiger partial charge in [0.15, 0.2) is 0 Å². The Bertz CT molecular complexity index is 233. The molecule has 4 heteroatoms. The van der Waals surface area contributed by atoms with Gasteiger partial charge in [-0.05, 0) is 19.3 Å². The van der Waals surface area contributed by atoms with E-state index in [1.807, 2.05) is 0 Å². The number of piperazine rings is 1. The second-order valence-electron chi connectivity index (χ2n) is 4.87. The zero-order valence-electron chi connectivity index (χ0n) is 11.5. The minimum absolute atomic E-state index is 0.300. The summed E-state index contributed by atoms with van der Waals surface area (Å²) >= 11 is 5.15. The van der Waals surface area contributed by atoms with Crippen LogP contribution < -0.4 is 5.73 Å². The topological polar surface area (TPSA) is 32.5 Å². The van der Waals surface area contributed by atoms with Gasteiger partial charge in [-0.25, -0.2) is 0 Å². The number of hydrogen-bond donors (Lipinski definition) is 1. The maximum absolute atomic E-state index is 5.80. The molecular formula is C13H27N3S. The standard InChI is InChI=1S/C13H27N3S/c1-4-11(5-2)15-7-9-16(10-8-15)12(6-3)13(14)17/h11-12H,4-10H2,1-3H3,(H2,14,17). The van der Waals surface area contributed by atoms with E-state index in [-0.39, 0.29) is 0 Å². The molecule has 2 N–H and O–H groups in total. The fourth-order valence-electron chi connectivity index (χ4n) is 2.86. The van der Waals surface area contributed by atoms with Crippen LogP contribution >= 0.6 is 12.2 Å². The van der Waals surface area contributed by atoms with Crippen molar-refractivity contribution in [3.05, 3.63) is 0 Å². The summed E-state index contributed by atoms with van der Waals surface area (Å²) in [5, 5.41) is 0. The Labute approximate surface area is 111 Å². The highest BCUT2D eigenvalue weighted by Crippen LogP contribution is 2.15. The van der Waals surface area contributed by atoms with Crippen molar-refractivity contribution in [2.45, 2.75) is 52.1 Å². The van der Waals surface area contributed by atoms with Crippen molar-refractivity contribution in [2.24, 2.45) is 5.73 Å². The predicted octanol–water partition coefficient (Wildman–Crippen LogP) is 1.86. The van der Waals surface area contributed by atoms with Crippen LogP contribution in [0, 0.1) is 0 Å². The van der Waals surface area contributed by atoms with Crippen molar-refractivity contribution in [1.29, 1.82) is 0 Å². The van der Waals surface area contributed by atoms with E-state index in [2.05, 4.69) is 30.6 Å². The lowest BCUT2D eigenvalue weighted by Gasteiger charge is -2.41.